The molecule has 0 unspecified atom stereocenters. The van der Waals surface area contributed by atoms with E-state index >= 15 is 0 Å². The summed E-state index contributed by atoms with van der Waals surface area (Å²) in [4.78, 5) is 35.8. The topological polar surface area (TPSA) is 110 Å². The molecule has 0 bridgehead atoms. The summed E-state index contributed by atoms with van der Waals surface area (Å²) in [6.07, 6.45) is 1.66. The summed E-state index contributed by atoms with van der Waals surface area (Å²) < 4.78 is 11.0. The highest BCUT2D eigenvalue weighted by Gasteiger charge is 2.22. The number of furan rings is 1. The monoisotopic (exact) mass is 371 g/mol. The predicted molar refractivity (Wildman–Crippen MR) is 100 cm³/mol. The normalized spacial score (nSPS) is 12.4. The fourth-order valence-corrected chi connectivity index (χ4v) is 3.27. The molecule has 7 nitrogen and oxygen atoms in total. The average molecular weight is 371 g/mol. The Bertz CT molecular complexity index is 1120. The third-order valence-corrected chi connectivity index (χ3v) is 4.91. The van der Waals surface area contributed by atoms with Gasteiger partial charge < -0.3 is 19.3 Å². The van der Waals surface area contributed by atoms with E-state index in [2.05, 4.69) is 5.32 Å². The van der Waals surface area contributed by atoms with Crippen molar-refractivity contribution in [3.05, 3.63) is 45.0 Å². The zero-order valence-electron chi connectivity index (χ0n) is 15.6. The molecule has 0 fully saturated rings. The molecule has 0 aliphatic carbocycles. The van der Waals surface area contributed by atoms with Crippen LogP contribution in [-0.4, -0.2) is 23.0 Å². The maximum Gasteiger partial charge on any atom is 0.340 e. The molecule has 0 spiro atoms. The SMILES string of the molecule is CC[C@H](NC(=O)Cc1c(C)c2cc3c(C)coc3c(C)c2oc1=O)C(=O)O. The van der Waals surface area contributed by atoms with E-state index in [1.807, 2.05) is 19.9 Å². The van der Waals surface area contributed by atoms with Crippen LogP contribution in [-0.2, 0) is 16.0 Å². The van der Waals surface area contributed by atoms with Gasteiger partial charge in [0.15, 0.2) is 0 Å². The summed E-state index contributed by atoms with van der Waals surface area (Å²) in [5, 5.41) is 13.2. The largest absolute Gasteiger partial charge is 0.480 e. The van der Waals surface area contributed by atoms with Gasteiger partial charge in [-0.1, -0.05) is 6.92 Å². The Balaban J connectivity index is 2.08. The van der Waals surface area contributed by atoms with E-state index in [1.54, 1.807) is 20.1 Å². The van der Waals surface area contributed by atoms with E-state index in [1.165, 1.54) is 0 Å². The smallest absolute Gasteiger partial charge is 0.340 e. The number of carboxylic acids is 1. The molecule has 3 aromatic rings. The molecule has 0 aliphatic heterocycles. The van der Waals surface area contributed by atoms with Crippen molar-refractivity contribution in [1.82, 2.24) is 5.32 Å². The number of fused-ring (bicyclic) bond motifs is 2. The van der Waals surface area contributed by atoms with Crippen molar-refractivity contribution in [2.45, 2.75) is 46.6 Å². The summed E-state index contributed by atoms with van der Waals surface area (Å²) in [5.74, 6) is -1.64. The first-order valence-electron chi connectivity index (χ1n) is 8.70. The molecule has 0 aliphatic rings. The molecule has 1 aromatic carbocycles. The molecule has 0 saturated heterocycles. The molecule has 27 heavy (non-hydrogen) atoms. The van der Waals surface area contributed by atoms with Crippen molar-refractivity contribution in [2.75, 3.05) is 0 Å². The molecule has 0 radical (unpaired) electrons. The van der Waals surface area contributed by atoms with Crippen LogP contribution in [0.15, 0.2) is 26.0 Å². The second-order valence-corrected chi connectivity index (χ2v) is 6.71. The van der Waals surface area contributed by atoms with Crippen molar-refractivity contribution in [3.8, 4) is 0 Å². The number of aryl methyl sites for hydroxylation is 3. The van der Waals surface area contributed by atoms with Crippen LogP contribution in [0, 0.1) is 20.8 Å². The Kier molecular flexibility index (Phi) is 4.78. The first kappa shape index (κ1) is 18.7. The lowest BCUT2D eigenvalue weighted by molar-refractivity contribution is -0.141. The van der Waals surface area contributed by atoms with Gasteiger partial charge in [-0.25, -0.2) is 9.59 Å². The number of carbonyl (C=O) groups excluding carboxylic acids is 1. The summed E-state index contributed by atoms with van der Waals surface area (Å²) in [7, 11) is 0. The lowest BCUT2D eigenvalue weighted by atomic mass is 9.99. The minimum Gasteiger partial charge on any atom is -0.480 e. The Morgan fingerprint density at radius 2 is 1.85 bits per heavy atom. The van der Waals surface area contributed by atoms with E-state index in [-0.39, 0.29) is 18.4 Å². The highest BCUT2D eigenvalue weighted by molar-refractivity contribution is 6.00. The number of carboxylic acid groups (broad SMARTS) is 1. The Morgan fingerprint density at radius 3 is 2.48 bits per heavy atom. The van der Waals surface area contributed by atoms with Gasteiger partial charge in [0.25, 0.3) is 0 Å². The molecule has 2 heterocycles. The summed E-state index contributed by atoms with van der Waals surface area (Å²) >= 11 is 0. The number of nitrogens with one attached hydrogen (secondary N) is 1. The molecular formula is C20H21NO6. The van der Waals surface area contributed by atoms with Crippen molar-refractivity contribution in [3.63, 3.8) is 0 Å². The number of hydrogen-bond acceptors (Lipinski definition) is 5. The van der Waals surface area contributed by atoms with Crippen molar-refractivity contribution >= 4 is 33.8 Å². The van der Waals surface area contributed by atoms with Gasteiger partial charge in [-0.2, -0.15) is 0 Å². The van der Waals surface area contributed by atoms with E-state index in [0.717, 1.165) is 21.9 Å². The number of rotatable bonds is 5. The standard InChI is InChI=1S/C20H21NO6/c1-5-15(19(23)24)21-16(22)7-14-10(3)13-6-12-9(2)8-26-17(12)11(4)18(13)27-20(14)25/h6,8,15H,5,7H2,1-4H3,(H,21,22)(H,23,24)/t15-/m0/s1. The van der Waals surface area contributed by atoms with Gasteiger partial charge in [-0.3, -0.25) is 4.79 Å². The molecule has 2 aromatic heterocycles. The Morgan fingerprint density at radius 1 is 1.15 bits per heavy atom. The molecule has 142 valence electrons. The minimum absolute atomic E-state index is 0.222. The number of amides is 1. The maximum atomic E-state index is 12.5. The van der Waals surface area contributed by atoms with E-state index in [0.29, 0.717) is 16.7 Å². The first-order valence-corrected chi connectivity index (χ1v) is 8.70. The van der Waals surface area contributed by atoms with E-state index in [9.17, 15) is 14.4 Å². The minimum atomic E-state index is -1.11. The molecule has 1 atom stereocenters. The van der Waals surface area contributed by atoms with Crippen LogP contribution in [0.25, 0.3) is 21.9 Å². The van der Waals surface area contributed by atoms with Gasteiger partial charge in [0.2, 0.25) is 5.91 Å². The number of aliphatic carboxylic acids is 1. The van der Waals surface area contributed by atoms with Gasteiger partial charge in [0.05, 0.1) is 18.2 Å². The highest BCUT2D eigenvalue weighted by atomic mass is 16.4. The molecule has 1 amide bonds. The number of benzene rings is 1. The quantitative estimate of drug-likeness (QED) is 0.667. The van der Waals surface area contributed by atoms with Crippen LogP contribution in [0.3, 0.4) is 0 Å². The fourth-order valence-electron chi connectivity index (χ4n) is 3.27. The predicted octanol–water partition coefficient (Wildman–Crippen LogP) is 2.99. The maximum absolute atomic E-state index is 12.5. The Labute approximate surface area is 155 Å². The zero-order valence-corrected chi connectivity index (χ0v) is 15.6. The van der Waals surface area contributed by atoms with Crippen LogP contribution < -0.4 is 10.9 Å². The van der Waals surface area contributed by atoms with Crippen LogP contribution >= 0.6 is 0 Å². The molecule has 7 heteroatoms. The van der Waals surface area contributed by atoms with Gasteiger partial charge in [0, 0.05) is 16.3 Å². The van der Waals surface area contributed by atoms with Crippen molar-refractivity contribution < 1.29 is 23.5 Å². The van der Waals surface area contributed by atoms with Crippen LogP contribution in [0.1, 0.15) is 35.6 Å². The second-order valence-electron chi connectivity index (χ2n) is 6.71. The van der Waals surface area contributed by atoms with Gasteiger partial charge in [0.1, 0.15) is 17.2 Å². The third kappa shape index (κ3) is 3.20. The zero-order chi connectivity index (χ0) is 19.9. The highest BCUT2D eigenvalue weighted by Crippen LogP contribution is 2.32. The fraction of sp³-hybridized carbons (Fsp3) is 0.350. The lowest BCUT2D eigenvalue weighted by Crippen LogP contribution is -2.41. The first-order chi connectivity index (χ1) is 12.7. The Hall–Kier alpha value is -3.09. The second kappa shape index (κ2) is 6.90. The summed E-state index contributed by atoms with van der Waals surface area (Å²) in [5.41, 5.74) is 3.05. The van der Waals surface area contributed by atoms with Gasteiger partial charge in [-0.05, 0) is 44.4 Å². The average Bonchev–Trinajstić information content (AvgIpc) is 2.99. The molecular weight excluding hydrogens is 350 g/mol. The van der Waals surface area contributed by atoms with Crippen molar-refractivity contribution in [2.24, 2.45) is 0 Å². The van der Waals surface area contributed by atoms with E-state index < -0.39 is 23.5 Å². The molecule has 3 rings (SSSR count). The number of carbonyl (C=O) groups is 2. The van der Waals surface area contributed by atoms with Crippen LogP contribution in [0.2, 0.25) is 0 Å². The van der Waals surface area contributed by atoms with E-state index in [4.69, 9.17) is 13.9 Å². The van der Waals surface area contributed by atoms with Crippen LogP contribution in [0.5, 0.6) is 0 Å². The van der Waals surface area contributed by atoms with Gasteiger partial charge >= 0.3 is 11.6 Å². The van der Waals surface area contributed by atoms with Gasteiger partial charge in [-0.15, -0.1) is 0 Å². The molecule has 0 saturated carbocycles. The number of hydrogen-bond donors (Lipinski definition) is 2. The summed E-state index contributed by atoms with van der Waals surface area (Å²) in [6.45, 7) is 7.17. The third-order valence-electron chi connectivity index (χ3n) is 4.91. The molecule has 2 N–H and O–H groups in total. The summed E-state index contributed by atoms with van der Waals surface area (Å²) in [6, 6.07) is 0.906. The lowest BCUT2D eigenvalue weighted by Gasteiger charge is -2.13. The van der Waals surface area contributed by atoms with Crippen LogP contribution in [0.4, 0.5) is 0 Å². The van der Waals surface area contributed by atoms with Crippen molar-refractivity contribution in [1.29, 1.82) is 0 Å².